The molecule has 1 N–H and O–H groups in total. The fourth-order valence-corrected chi connectivity index (χ4v) is 4.20. The van der Waals surface area contributed by atoms with Gasteiger partial charge in [-0.15, -0.1) is 0 Å². The maximum absolute atomic E-state index is 13.4. The highest BCUT2D eigenvalue weighted by molar-refractivity contribution is 6.51. The summed E-state index contributed by atoms with van der Waals surface area (Å²) in [6, 6.07) is 19.0. The zero-order valence-electron chi connectivity index (χ0n) is 19.3. The predicted octanol–water partition coefficient (Wildman–Crippen LogP) is 4.21. The second-order valence-corrected chi connectivity index (χ2v) is 7.61. The number of aliphatic hydroxyl groups excluding tert-OH is 1. The van der Waals surface area contributed by atoms with Crippen LogP contribution in [-0.2, 0) is 9.59 Å². The van der Waals surface area contributed by atoms with Crippen molar-refractivity contribution in [2.75, 3.05) is 26.2 Å². The molecule has 8 heteroatoms. The van der Waals surface area contributed by atoms with Crippen LogP contribution < -0.4 is 19.1 Å². The highest BCUT2D eigenvalue weighted by Crippen LogP contribution is 2.47. The van der Waals surface area contributed by atoms with Crippen molar-refractivity contribution in [1.82, 2.24) is 0 Å². The Labute approximate surface area is 202 Å². The maximum atomic E-state index is 13.4. The van der Waals surface area contributed by atoms with Gasteiger partial charge in [0.15, 0.2) is 11.5 Å². The molecular formula is C27H22N2O6. The number of carbonyl (C=O) groups is 2. The van der Waals surface area contributed by atoms with Crippen LogP contribution >= 0.6 is 0 Å². The number of ketones is 1. The maximum Gasteiger partial charge on any atom is 0.300 e. The molecule has 3 aromatic rings. The second-order valence-electron chi connectivity index (χ2n) is 7.61. The lowest BCUT2D eigenvalue weighted by Gasteiger charge is -2.27. The number of para-hydroxylation sites is 2. The van der Waals surface area contributed by atoms with E-state index in [9.17, 15) is 14.7 Å². The highest BCUT2D eigenvalue weighted by Gasteiger charge is 2.48. The third kappa shape index (κ3) is 3.93. The summed E-state index contributed by atoms with van der Waals surface area (Å²) in [7, 11) is 4.38. The van der Waals surface area contributed by atoms with Crippen LogP contribution in [0.1, 0.15) is 22.7 Å². The number of hydrogen-bond acceptors (Lipinski definition) is 7. The monoisotopic (exact) mass is 470 g/mol. The topological polar surface area (TPSA) is 109 Å². The largest absolute Gasteiger partial charge is 0.507 e. The average molecular weight is 470 g/mol. The number of methoxy groups -OCH3 is 3. The van der Waals surface area contributed by atoms with Gasteiger partial charge in [-0.2, -0.15) is 5.26 Å². The third-order valence-corrected chi connectivity index (χ3v) is 5.81. The Morgan fingerprint density at radius 3 is 2.17 bits per heavy atom. The third-order valence-electron chi connectivity index (χ3n) is 5.81. The molecule has 1 aliphatic rings. The summed E-state index contributed by atoms with van der Waals surface area (Å²) in [5.41, 5.74) is 1.34. The van der Waals surface area contributed by atoms with Crippen LogP contribution in [0.4, 0.5) is 5.69 Å². The van der Waals surface area contributed by atoms with E-state index in [1.165, 1.54) is 26.2 Å². The molecule has 0 aliphatic carbocycles. The minimum absolute atomic E-state index is 0.129. The van der Waals surface area contributed by atoms with Crippen LogP contribution in [0.15, 0.2) is 72.3 Å². The molecule has 1 fully saturated rings. The Kier molecular flexibility index (Phi) is 6.42. The van der Waals surface area contributed by atoms with Gasteiger partial charge < -0.3 is 19.3 Å². The Bertz CT molecular complexity index is 1370. The summed E-state index contributed by atoms with van der Waals surface area (Å²) < 4.78 is 16.4. The van der Waals surface area contributed by atoms with Gasteiger partial charge in [-0.1, -0.05) is 24.3 Å². The Morgan fingerprint density at radius 1 is 0.886 bits per heavy atom. The van der Waals surface area contributed by atoms with E-state index in [0.717, 1.165) is 0 Å². The number of benzene rings is 3. The summed E-state index contributed by atoms with van der Waals surface area (Å²) in [5, 5.41) is 20.5. The van der Waals surface area contributed by atoms with Gasteiger partial charge in [0, 0.05) is 11.3 Å². The molecule has 0 bridgehead atoms. The van der Waals surface area contributed by atoms with Gasteiger partial charge in [-0.05, 0) is 42.5 Å². The number of nitriles is 1. The van der Waals surface area contributed by atoms with E-state index < -0.39 is 17.7 Å². The number of rotatable bonds is 6. The first-order valence-corrected chi connectivity index (χ1v) is 10.6. The van der Waals surface area contributed by atoms with Gasteiger partial charge in [-0.25, -0.2) is 0 Å². The summed E-state index contributed by atoms with van der Waals surface area (Å²) in [6.07, 6.45) is 0. The van der Waals surface area contributed by atoms with Crippen LogP contribution in [0.2, 0.25) is 0 Å². The fraction of sp³-hybridized carbons (Fsp3) is 0.148. The molecule has 0 radical (unpaired) electrons. The predicted molar refractivity (Wildman–Crippen MR) is 128 cm³/mol. The minimum Gasteiger partial charge on any atom is -0.507 e. The number of nitrogens with zero attached hydrogens (tertiary/aromatic N) is 2. The van der Waals surface area contributed by atoms with E-state index in [1.807, 2.05) is 6.07 Å². The van der Waals surface area contributed by atoms with Crippen LogP contribution in [0.3, 0.4) is 0 Å². The molecule has 0 saturated carbocycles. The number of amides is 1. The van der Waals surface area contributed by atoms with E-state index in [0.29, 0.717) is 34.1 Å². The molecule has 1 unspecified atom stereocenters. The molecule has 176 valence electrons. The molecule has 4 rings (SSSR count). The zero-order valence-corrected chi connectivity index (χ0v) is 19.3. The van der Waals surface area contributed by atoms with Crippen molar-refractivity contribution in [3.63, 3.8) is 0 Å². The van der Waals surface area contributed by atoms with E-state index >= 15 is 0 Å². The Balaban J connectivity index is 2.03. The van der Waals surface area contributed by atoms with Gasteiger partial charge in [-0.3, -0.25) is 14.5 Å². The minimum atomic E-state index is -1.04. The zero-order chi connectivity index (χ0) is 25.1. The van der Waals surface area contributed by atoms with Crippen LogP contribution in [0.25, 0.3) is 5.76 Å². The normalized spacial score (nSPS) is 16.6. The van der Waals surface area contributed by atoms with Crippen LogP contribution in [0, 0.1) is 11.3 Å². The molecule has 0 aromatic heterocycles. The SMILES string of the molecule is COc1ccccc1/C(O)=C1/C(=O)C(=O)N(c2ccc(C#N)cc2)C1c1cccc(OC)c1OC. The number of aliphatic hydroxyl groups is 1. The quantitative estimate of drug-likeness (QED) is 0.326. The standard InChI is InChI=1S/C27H22N2O6/c1-33-20-9-5-4-7-18(20)24(30)22-23(19-8-6-10-21(34-2)26(19)35-3)29(27(32)25(22)31)17-13-11-16(15-28)12-14-17/h4-14,23,30H,1-3H3/b24-22-. The lowest BCUT2D eigenvalue weighted by molar-refractivity contribution is -0.132. The molecule has 3 aromatic carbocycles. The van der Waals surface area contributed by atoms with Gasteiger partial charge >= 0.3 is 0 Å². The van der Waals surface area contributed by atoms with E-state index in [4.69, 9.17) is 19.5 Å². The highest BCUT2D eigenvalue weighted by atomic mass is 16.5. The molecule has 35 heavy (non-hydrogen) atoms. The van der Waals surface area contributed by atoms with Gasteiger partial charge in [0.2, 0.25) is 0 Å². The molecule has 1 saturated heterocycles. The van der Waals surface area contributed by atoms with Crippen LogP contribution in [-0.4, -0.2) is 38.1 Å². The lowest BCUT2D eigenvalue weighted by Crippen LogP contribution is -2.29. The molecule has 1 heterocycles. The second kappa shape index (κ2) is 9.61. The summed E-state index contributed by atoms with van der Waals surface area (Å²) in [5.74, 6) is -1.04. The smallest absolute Gasteiger partial charge is 0.300 e. The van der Waals surface area contributed by atoms with Crippen molar-refractivity contribution in [2.24, 2.45) is 0 Å². The van der Waals surface area contributed by atoms with Crippen LogP contribution in [0.5, 0.6) is 17.2 Å². The summed E-state index contributed by atoms with van der Waals surface area (Å²) in [6.45, 7) is 0. The number of hydrogen-bond donors (Lipinski definition) is 1. The number of Topliss-reactive ketones (excluding diaryl/α,β-unsaturated/α-hetero) is 1. The van der Waals surface area contributed by atoms with Gasteiger partial charge in [0.05, 0.1) is 50.1 Å². The summed E-state index contributed by atoms with van der Waals surface area (Å²) in [4.78, 5) is 28.0. The molecule has 8 nitrogen and oxygen atoms in total. The summed E-state index contributed by atoms with van der Waals surface area (Å²) >= 11 is 0. The van der Waals surface area contributed by atoms with Crippen molar-refractivity contribution in [3.8, 4) is 23.3 Å². The Hall–Kier alpha value is -4.77. The van der Waals surface area contributed by atoms with E-state index in [1.54, 1.807) is 66.7 Å². The van der Waals surface area contributed by atoms with Crippen molar-refractivity contribution >= 4 is 23.1 Å². The molecule has 1 amide bonds. The first kappa shape index (κ1) is 23.4. The van der Waals surface area contributed by atoms with Crippen molar-refractivity contribution in [3.05, 3.63) is 89.0 Å². The average Bonchev–Trinajstić information content (AvgIpc) is 3.17. The number of ether oxygens (including phenoxy) is 3. The van der Waals surface area contributed by atoms with E-state index in [-0.39, 0.29) is 16.9 Å². The first-order valence-electron chi connectivity index (χ1n) is 10.6. The van der Waals surface area contributed by atoms with Gasteiger partial charge in [0.1, 0.15) is 11.5 Å². The fourth-order valence-electron chi connectivity index (χ4n) is 4.20. The molecular weight excluding hydrogens is 448 g/mol. The van der Waals surface area contributed by atoms with Crippen molar-refractivity contribution in [2.45, 2.75) is 6.04 Å². The van der Waals surface area contributed by atoms with Gasteiger partial charge in [0.25, 0.3) is 11.7 Å². The van der Waals surface area contributed by atoms with Crippen molar-refractivity contribution in [1.29, 1.82) is 5.26 Å². The number of anilines is 1. The molecule has 1 aliphatic heterocycles. The number of carbonyl (C=O) groups excluding carboxylic acids is 2. The lowest BCUT2D eigenvalue weighted by atomic mass is 9.94. The molecule has 1 atom stereocenters. The van der Waals surface area contributed by atoms with Crippen molar-refractivity contribution < 1.29 is 28.9 Å². The van der Waals surface area contributed by atoms with E-state index in [2.05, 4.69) is 0 Å². The molecule has 0 spiro atoms. The first-order chi connectivity index (χ1) is 17.0. The Morgan fingerprint density at radius 2 is 1.54 bits per heavy atom.